The van der Waals surface area contributed by atoms with Crippen molar-refractivity contribution in [2.45, 2.75) is 26.7 Å². The number of para-hydroxylation sites is 1. The Bertz CT molecular complexity index is 868. The summed E-state index contributed by atoms with van der Waals surface area (Å²) in [7, 11) is 0. The number of ether oxygens (including phenoxy) is 1. The van der Waals surface area contributed by atoms with Gasteiger partial charge in [-0.2, -0.15) is 0 Å². The molecule has 30 heavy (non-hydrogen) atoms. The van der Waals surface area contributed by atoms with Crippen LogP contribution in [0.4, 0.5) is 10.5 Å². The summed E-state index contributed by atoms with van der Waals surface area (Å²) in [4.78, 5) is 35.2. The Labute approximate surface area is 176 Å². The number of primary amides is 1. The predicted molar refractivity (Wildman–Crippen MR) is 116 cm³/mol. The third-order valence-corrected chi connectivity index (χ3v) is 4.37. The Morgan fingerprint density at radius 1 is 1.00 bits per heavy atom. The number of rotatable bonds is 10. The molecular weight excluding hydrogens is 384 g/mol. The smallest absolute Gasteiger partial charge is 0.319 e. The Morgan fingerprint density at radius 2 is 1.67 bits per heavy atom. The molecule has 0 saturated heterocycles. The summed E-state index contributed by atoms with van der Waals surface area (Å²) in [5.74, 6) is 0.251. The average Bonchev–Trinajstić information content (AvgIpc) is 2.73. The van der Waals surface area contributed by atoms with Gasteiger partial charge in [0.15, 0.2) is 0 Å². The van der Waals surface area contributed by atoms with E-state index in [1.165, 1.54) is 0 Å². The van der Waals surface area contributed by atoms with Crippen molar-refractivity contribution >= 4 is 23.5 Å². The van der Waals surface area contributed by atoms with Gasteiger partial charge in [0.25, 0.3) is 5.91 Å². The minimum atomic E-state index is -0.573. The summed E-state index contributed by atoms with van der Waals surface area (Å²) in [5, 5.41) is 8.18. The van der Waals surface area contributed by atoms with Crippen LogP contribution >= 0.6 is 0 Å². The van der Waals surface area contributed by atoms with Crippen LogP contribution in [0.25, 0.3) is 0 Å². The van der Waals surface area contributed by atoms with E-state index in [1.807, 2.05) is 13.8 Å². The van der Waals surface area contributed by atoms with Gasteiger partial charge in [-0.25, -0.2) is 4.79 Å². The summed E-state index contributed by atoms with van der Waals surface area (Å²) < 4.78 is 5.70. The molecule has 0 aliphatic heterocycles. The van der Waals surface area contributed by atoms with E-state index in [0.29, 0.717) is 30.3 Å². The molecule has 2 aromatic carbocycles. The first kappa shape index (κ1) is 22.7. The second-order valence-electron chi connectivity index (χ2n) is 6.85. The maximum atomic E-state index is 12.0. The summed E-state index contributed by atoms with van der Waals surface area (Å²) in [6.07, 6.45) is 1.80. The lowest BCUT2D eigenvalue weighted by Crippen LogP contribution is -2.38. The third kappa shape index (κ3) is 7.12. The molecule has 0 fully saturated rings. The van der Waals surface area contributed by atoms with Gasteiger partial charge in [0, 0.05) is 24.7 Å². The van der Waals surface area contributed by atoms with E-state index in [9.17, 15) is 14.4 Å². The fourth-order valence-corrected chi connectivity index (χ4v) is 2.77. The molecule has 0 saturated carbocycles. The van der Waals surface area contributed by atoms with Crippen LogP contribution in [-0.2, 0) is 4.79 Å². The van der Waals surface area contributed by atoms with E-state index >= 15 is 0 Å². The molecule has 8 heteroatoms. The lowest BCUT2D eigenvalue weighted by molar-refractivity contribution is -0.124. The minimum Gasteiger partial charge on any atom is -0.457 e. The van der Waals surface area contributed by atoms with Crippen molar-refractivity contribution in [1.29, 1.82) is 0 Å². The molecule has 0 aliphatic carbocycles. The van der Waals surface area contributed by atoms with Gasteiger partial charge in [-0.15, -0.1) is 0 Å². The van der Waals surface area contributed by atoms with Crippen LogP contribution in [-0.4, -0.2) is 30.9 Å². The third-order valence-electron chi connectivity index (χ3n) is 4.37. The molecule has 1 unspecified atom stereocenters. The number of hydrogen-bond donors (Lipinski definition) is 4. The van der Waals surface area contributed by atoms with Gasteiger partial charge in [0.2, 0.25) is 5.91 Å². The summed E-state index contributed by atoms with van der Waals surface area (Å²) >= 11 is 0. The predicted octanol–water partition coefficient (Wildman–Crippen LogP) is 3.25. The number of amides is 4. The number of anilines is 1. The van der Waals surface area contributed by atoms with Crippen LogP contribution < -0.4 is 26.4 Å². The number of hydrogen-bond acceptors (Lipinski definition) is 4. The van der Waals surface area contributed by atoms with Crippen LogP contribution in [0.15, 0.2) is 48.5 Å². The van der Waals surface area contributed by atoms with Crippen LogP contribution in [0.3, 0.4) is 0 Å². The van der Waals surface area contributed by atoms with E-state index in [-0.39, 0.29) is 23.4 Å². The zero-order valence-electron chi connectivity index (χ0n) is 17.2. The summed E-state index contributed by atoms with van der Waals surface area (Å²) in [6.45, 7) is 4.61. The molecule has 160 valence electrons. The van der Waals surface area contributed by atoms with Crippen molar-refractivity contribution in [2.75, 3.05) is 18.4 Å². The second kappa shape index (κ2) is 11.5. The van der Waals surface area contributed by atoms with E-state index in [1.54, 1.807) is 48.5 Å². The molecule has 2 aromatic rings. The van der Waals surface area contributed by atoms with Crippen molar-refractivity contribution in [3.63, 3.8) is 0 Å². The molecule has 0 spiro atoms. The number of nitrogens with two attached hydrogens (primary N) is 1. The Kier molecular flexibility index (Phi) is 8.68. The van der Waals surface area contributed by atoms with E-state index in [4.69, 9.17) is 10.5 Å². The fourth-order valence-electron chi connectivity index (χ4n) is 2.77. The normalized spacial score (nSPS) is 11.3. The average molecular weight is 412 g/mol. The molecule has 0 radical (unpaired) electrons. The first-order chi connectivity index (χ1) is 14.4. The molecule has 1 atom stereocenters. The molecule has 4 amide bonds. The Hall–Kier alpha value is -3.55. The Morgan fingerprint density at radius 3 is 2.33 bits per heavy atom. The zero-order chi connectivity index (χ0) is 21.9. The first-order valence-electron chi connectivity index (χ1n) is 9.90. The summed E-state index contributed by atoms with van der Waals surface area (Å²) in [5.41, 5.74) is 6.21. The van der Waals surface area contributed by atoms with Gasteiger partial charge in [-0.1, -0.05) is 32.4 Å². The number of benzene rings is 2. The second-order valence-corrected chi connectivity index (χ2v) is 6.85. The molecule has 0 aromatic heterocycles. The molecule has 8 nitrogen and oxygen atoms in total. The highest BCUT2D eigenvalue weighted by Gasteiger charge is 2.11. The van der Waals surface area contributed by atoms with Gasteiger partial charge in [0.1, 0.15) is 11.5 Å². The molecular formula is C22H28N4O4. The van der Waals surface area contributed by atoms with Crippen molar-refractivity contribution in [1.82, 2.24) is 10.6 Å². The summed E-state index contributed by atoms with van der Waals surface area (Å²) in [6, 6.07) is 13.0. The number of carbonyl (C=O) groups excluding carboxylic acids is 3. The molecule has 0 bridgehead atoms. The van der Waals surface area contributed by atoms with Crippen LogP contribution in [0, 0.1) is 5.92 Å². The highest BCUT2D eigenvalue weighted by molar-refractivity contribution is 5.95. The van der Waals surface area contributed by atoms with Gasteiger partial charge >= 0.3 is 6.03 Å². The monoisotopic (exact) mass is 412 g/mol. The topological polar surface area (TPSA) is 123 Å². The minimum absolute atomic E-state index is 0.00689. The van der Waals surface area contributed by atoms with Crippen molar-refractivity contribution in [3.05, 3.63) is 54.1 Å². The molecule has 5 N–H and O–H groups in total. The van der Waals surface area contributed by atoms with Crippen molar-refractivity contribution in [2.24, 2.45) is 11.7 Å². The maximum Gasteiger partial charge on any atom is 0.319 e. The molecule has 0 aliphatic rings. The van der Waals surface area contributed by atoms with Gasteiger partial charge in [-0.05, 0) is 42.8 Å². The first-order valence-corrected chi connectivity index (χ1v) is 9.90. The largest absolute Gasteiger partial charge is 0.457 e. The fraction of sp³-hybridized carbons (Fsp3) is 0.318. The van der Waals surface area contributed by atoms with Crippen LogP contribution in [0.5, 0.6) is 11.5 Å². The number of urea groups is 1. The van der Waals surface area contributed by atoms with Crippen molar-refractivity contribution in [3.8, 4) is 11.5 Å². The molecule has 2 rings (SSSR count). The standard InChI is InChI=1S/C22H28N4O4/c1-3-6-15(2)21(28)24-13-14-25-22(29)26-16-9-11-17(12-10-16)30-19-8-5-4-7-18(19)20(23)27/h4-5,7-12,15H,3,6,13-14H2,1-2H3,(H2,23,27)(H,24,28)(H2,25,26,29). The van der Waals surface area contributed by atoms with Crippen LogP contribution in [0.1, 0.15) is 37.0 Å². The quantitative estimate of drug-likeness (QED) is 0.447. The van der Waals surface area contributed by atoms with Gasteiger partial charge in [-0.3, -0.25) is 9.59 Å². The maximum absolute atomic E-state index is 12.0. The highest BCUT2D eigenvalue weighted by Crippen LogP contribution is 2.26. The number of nitrogens with one attached hydrogen (secondary N) is 3. The Balaban J connectivity index is 1.78. The van der Waals surface area contributed by atoms with Gasteiger partial charge in [0.05, 0.1) is 5.56 Å². The number of carbonyl (C=O) groups is 3. The SMILES string of the molecule is CCCC(C)C(=O)NCCNC(=O)Nc1ccc(Oc2ccccc2C(N)=O)cc1. The van der Waals surface area contributed by atoms with E-state index in [0.717, 1.165) is 12.8 Å². The van der Waals surface area contributed by atoms with Crippen molar-refractivity contribution < 1.29 is 19.1 Å². The van der Waals surface area contributed by atoms with E-state index < -0.39 is 5.91 Å². The van der Waals surface area contributed by atoms with E-state index in [2.05, 4.69) is 16.0 Å². The lowest BCUT2D eigenvalue weighted by atomic mass is 10.1. The van der Waals surface area contributed by atoms with Crippen LogP contribution in [0.2, 0.25) is 0 Å². The zero-order valence-corrected chi connectivity index (χ0v) is 17.2. The highest BCUT2D eigenvalue weighted by atomic mass is 16.5. The van der Waals surface area contributed by atoms with Gasteiger partial charge < -0.3 is 26.4 Å². The lowest BCUT2D eigenvalue weighted by Gasteiger charge is -2.12. The molecule has 0 heterocycles.